The summed E-state index contributed by atoms with van der Waals surface area (Å²) >= 11 is 0. The lowest BCUT2D eigenvalue weighted by molar-refractivity contribution is -0.236. The minimum Gasteiger partial charge on any atom is -0.496 e. The van der Waals surface area contributed by atoms with Crippen molar-refractivity contribution in [1.29, 1.82) is 0 Å². The highest BCUT2D eigenvalue weighted by molar-refractivity contribution is 5.37. The second-order valence-electron chi connectivity index (χ2n) is 3.52. The molecular formula is C13H21NO3. The van der Waals surface area contributed by atoms with Crippen molar-refractivity contribution in [2.45, 2.75) is 19.6 Å². The Labute approximate surface area is 103 Å². The molecule has 0 atom stereocenters. The Kier molecular flexibility index (Phi) is 5.41. The molecule has 1 rings (SSSR count). The van der Waals surface area contributed by atoms with E-state index in [1.165, 1.54) is 0 Å². The lowest BCUT2D eigenvalue weighted by Gasteiger charge is -2.33. The minimum absolute atomic E-state index is 0.245. The van der Waals surface area contributed by atoms with Crippen LogP contribution < -0.4 is 10.5 Å². The average molecular weight is 239 g/mol. The van der Waals surface area contributed by atoms with E-state index in [9.17, 15) is 0 Å². The Hall–Kier alpha value is -1.10. The minimum atomic E-state index is -0.921. The van der Waals surface area contributed by atoms with Gasteiger partial charge in [0.15, 0.2) is 0 Å². The highest BCUT2D eigenvalue weighted by Crippen LogP contribution is 2.33. The number of para-hydroxylation sites is 1. The molecule has 0 radical (unpaired) electrons. The highest BCUT2D eigenvalue weighted by atomic mass is 16.7. The van der Waals surface area contributed by atoms with E-state index in [0.29, 0.717) is 13.2 Å². The molecule has 0 aliphatic heterocycles. The molecule has 0 spiro atoms. The van der Waals surface area contributed by atoms with Gasteiger partial charge in [-0.3, -0.25) is 0 Å². The van der Waals surface area contributed by atoms with Crippen LogP contribution in [0.5, 0.6) is 5.75 Å². The Morgan fingerprint density at radius 3 is 2.18 bits per heavy atom. The third kappa shape index (κ3) is 2.97. The Bertz CT molecular complexity index is 335. The number of hydrogen-bond donors (Lipinski definition) is 1. The molecule has 0 heterocycles. The predicted molar refractivity (Wildman–Crippen MR) is 67.0 cm³/mol. The van der Waals surface area contributed by atoms with Gasteiger partial charge in [-0.25, -0.2) is 0 Å². The molecule has 0 unspecified atom stereocenters. The Balaban J connectivity index is 3.18. The molecule has 0 saturated carbocycles. The van der Waals surface area contributed by atoms with E-state index in [1.807, 2.05) is 38.1 Å². The molecule has 96 valence electrons. The molecule has 4 heteroatoms. The van der Waals surface area contributed by atoms with Crippen LogP contribution in [0.2, 0.25) is 0 Å². The van der Waals surface area contributed by atoms with Crippen LogP contribution in [0.4, 0.5) is 0 Å². The second kappa shape index (κ2) is 6.59. The summed E-state index contributed by atoms with van der Waals surface area (Å²) in [6, 6.07) is 7.61. The normalized spacial score (nSPS) is 11.5. The highest BCUT2D eigenvalue weighted by Gasteiger charge is 2.35. The number of methoxy groups -OCH3 is 1. The van der Waals surface area contributed by atoms with Crippen LogP contribution in [0.25, 0.3) is 0 Å². The molecule has 1 aromatic rings. The van der Waals surface area contributed by atoms with Crippen LogP contribution in [0.3, 0.4) is 0 Å². The fourth-order valence-electron chi connectivity index (χ4n) is 1.85. The fourth-order valence-corrected chi connectivity index (χ4v) is 1.85. The van der Waals surface area contributed by atoms with Crippen molar-refractivity contribution in [3.63, 3.8) is 0 Å². The number of ether oxygens (including phenoxy) is 3. The summed E-state index contributed by atoms with van der Waals surface area (Å²) in [5.74, 6) is -0.198. The summed E-state index contributed by atoms with van der Waals surface area (Å²) < 4.78 is 16.8. The summed E-state index contributed by atoms with van der Waals surface area (Å²) in [5, 5.41) is 0. The first-order valence-corrected chi connectivity index (χ1v) is 5.85. The number of rotatable bonds is 7. The second-order valence-corrected chi connectivity index (χ2v) is 3.52. The van der Waals surface area contributed by atoms with E-state index in [2.05, 4.69) is 0 Å². The van der Waals surface area contributed by atoms with Crippen molar-refractivity contribution in [2.24, 2.45) is 5.73 Å². The third-order valence-corrected chi connectivity index (χ3v) is 2.54. The van der Waals surface area contributed by atoms with Crippen molar-refractivity contribution in [3.8, 4) is 5.75 Å². The molecule has 0 amide bonds. The van der Waals surface area contributed by atoms with Gasteiger partial charge in [0.05, 0.1) is 19.2 Å². The number of benzene rings is 1. The summed E-state index contributed by atoms with van der Waals surface area (Å²) in [4.78, 5) is 0. The van der Waals surface area contributed by atoms with Gasteiger partial charge in [-0.05, 0) is 26.0 Å². The van der Waals surface area contributed by atoms with E-state index < -0.39 is 5.79 Å². The van der Waals surface area contributed by atoms with Crippen molar-refractivity contribution in [2.75, 3.05) is 26.9 Å². The lowest BCUT2D eigenvalue weighted by Crippen LogP contribution is -2.41. The zero-order valence-corrected chi connectivity index (χ0v) is 10.7. The quantitative estimate of drug-likeness (QED) is 0.738. The molecule has 0 aliphatic carbocycles. The topological polar surface area (TPSA) is 53.7 Å². The summed E-state index contributed by atoms with van der Waals surface area (Å²) in [6.45, 7) is 5.12. The van der Waals surface area contributed by atoms with Gasteiger partial charge in [-0.15, -0.1) is 0 Å². The van der Waals surface area contributed by atoms with E-state index in [0.717, 1.165) is 11.3 Å². The fraction of sp³-hybridized carbons (Fsp3) is 0.538. The maximum atomic E-state index is 5.83. The van der Waals surface area contributed by atoms with Crippen LogP contribution in [0, 0.1) is 0 Å². The lowest BCUT2D eigenvalue weighted by atomic mass is 10.0. The standard InChI is InChI=1S/C13H21NO3/c1-4-16-13(10-14,17-5-2)11-8-6-7-9-12(11)15-3/h6-9H,4-5,10,14H2,1-3H3. The third-order valence-electron chi connectivity index (χ3n) is 2.54. The van der Waals surface area contributed by atoms with E-state index in [-0.39, 0.29) is 6.54 Å². The molecule has 0 bridgehead atoms. The van der Waals surface area contributed by atoms with Gasteiger partial charge in [0.1, 0.15) is 5.75 Å². The van der Waals surface area contributed by atoms with Crippen molar-refractivity contribution in [1.82, 2.24) is 0 Å². The first-order valence-electron chi connectivity index (χ1n) is 5.85. The molecule has 0 aromatic heterocycles. The van der Waals surface area contributed by atoms with Crippen LogP contribution in [-0.2, 0) is 15.3 Å². The van der Waals surface area contributed by atoms with Crippen molar-refractivity contribution in [3.05, 3.63) is 29.8 Å². The maximum Gasteiger partial charge on any atom is 0.211 e. The van der Waals surface area contributed by atoms with Crippen LogP contribution in [0.1, 0.15) is 19.4 Å². The molecule has 2 N–H and O–H groups in total. The maximum absolute atomic E-state index is 5.83. The van der Waals surface area contributed by atoms with Crippen molar-refractivity contribution >= 4 is 0 Å². The molecule has 4 nitrogen and oxygen atoms in total. The molecule has 0 saturated heterocycles. The first-order chi connectivity index (χ1) is 8.24. The Morgan fingerprint density at radius 2 is 1.71 bits per heavy atom. The van der Waals surface area contributed by atoms with Gasteiger partial charge in [-0.1, -0.05) is 12.1 Å². The van der Waals surface area contributed by atoms with Gasteiger partial charge >= 0.3 is 0 Å². The first kappa shape index (κ1) is 14.0. The monoisotopic (exact) mass is 239 g/mol. The van der Waals surface area contributed by atoms with Gasteiger partial charge in [-0.2, -0.15) is 0 Å². The summed E-state index contributed by atoms with van der Waals surface area (Å²) in [5.41, 5.74) is 6.66. The number of nitrogens with two attached hydrogens (primary N) is 1. The van der Waals surface area contributed by atoms with Crippen LogP contribution >= 0.6 is 0 Å². The van der Waals surface area contributed by atoms with E-state index >= 15 is 0 Å². The van der Waals surface area contributed by atoms with Crippen LogP contribution in [-0.4, -0.2) is 26.9 Å². The number of hydrogen-bond acceptors (Lipinski definition) is 4. The van der Waals surface area contributed by atoms with E-state index in [1.54, 1.807) is 7.11 Å². The Morgan fingerprint density at radius 1 is 1.12 bits per heavy atom. The predicted octanol–water partition coefficient (Wildman–Crippen LogP) is 1.88. The molecule has 1 aromatic carbocycles. The van der Waals surface area contributed by atoms with Gasteiger partial charge < -0.3 is 19.9 Å². The van der Waals surface area contributed by atoms with Gasteiger partial charge in [0.2, 0.25) is 5.79 Å². The largest absolute Gasteiger partial charge is 0.496 e. The molecular weight excluding hydrogens is 218 g/mol. The zero-order valence-electron chi connectivity index (χ0n) is 10.7. The van der Waals surface area contributed by atoms with Crippen LogP contribution in [0.15, 0.2) is 24.3 Å². The van der Waals surface area contributed by atoms with Crippen molar-refractivity contribution < 1.29 is 14.2 Å². The molecule has 0 aliphatic rings. The zero-order chi connectivity index (χ0) is 12.7. The smallest absolute Gasteiger partial charge is 0.211 e. The van der Waals surface area contributed by atoms with Gasteiger partial charge in [0.25, 0.3) is 0 Å². The SMILES string of the molecule is CCOC(CN)(OCC)c1ccccc1OC. The molecule has 0 fully saturated rings. The molecule has 17 heavy (non-hydrogen) atoms. The van der Waals surface area contributed by atoms with E-state index in [4.69, 9.17) is 19.9 Å². The van der Waals surface area contributed by atoms with Gasteiger partial charge in [0, 0.05) is 13.2 Å². The summed E-state index contributed by atoms with van der Waals surface area (Å²) in [6.07, 6.45) is 0. The average Bonchev–Trinajstić information content (AvgIpc) is 2.38. The summed E-state index contributed by atoms with van der Waals surface area (Å²) in [7, 11) is 1.62.